The van der Waals surface area contributed by atoms with Crippen molar-refractivity contribution in [3.05, 3.63) is 147 Å². The van der Waals surface area contributed by atoms with Crippen LogP contribution in [0.4, 0.5) is 0 Å². The lowest BCUT2D eigenvalue weighted by Gasteiger charge is -2.39. The van der Waals surface area contributed by atoms with E-state index in [9.17, 15) is 0 Å². The highest BCUT2D eigenvalue weighted by molar-refractivity contribution is 6.99. The SMILES string of the molecule is C=C[Si](C=C)(C=C)CC[Si](CC[Si](C=C)(C=C)C=C)(CC[Si](C=C)(C=C)C=C)CC[Si](C=C)(C=C)C=C. The molecule has 0 amide bonds. The molecule has 0 atom stereocenters. The molecule has 5 heteroatoms. The van der Waals surface area contributed by atoms with E-state index < -0.39 is 40.4 Å². The first-order valence-electron chi connectivity index (χ1n) is 13.2. The molecule has 0 bridgehead atoms. The van der Waals surface area contributed by atoms with Gasteiger partial charge in [0.2, 0.25) is 0 Å². The summed E-state index contributed by atoms with van der Waals surface area (Å²) in [5.41, 5.74) is 25.6. The van der Waals surface area contributed by atoms with Gasteiger partial charge >= 0.3 is 0 Å². The zero-order chi connectivity index (χ0) is 28.6. The molecule has 0 N–H and O–H groups in total. The minimum Gasteiger partial charge on any atom is -0.106 e. The van der Waals surface area contributed by atoms with Gasteiger partial charge in [0.15, 0.2) is 0 Å². The van der Waals surface area contributed by atoms with E-state index in [0.29, 0.717) is 0 Å². The van der Waals surface area contributed by atoms with Crippen molar-refractivity contribution in [3.8, 4) is 0 Å². The molecule has 0 heterocycles. The van der Waals surface area contributed by atoms with Gasteiger partial charge in [-0.25, -0.2) is 0 Å². The van der Waals surface area contributed by atoms with Crippen molar-refractivity contribution < 1.29 is 0 Å². The molecule has 0 saturated heterocycles. The van der Waals surface area contributed by atoms with Crippen molar-refractivity contribution in [2.75, 3.05) is 0 Å². The van der Waals surface area contributed by atoms with Crippen molar-refractivity contribution in [1.29, 1.82) is 0 Å². The van der Waals surface area contributed by atoms with Crippen LogP contribution >= 0.6 is 0 Å². The molecular weight excluding hydrogens is 525 g/mol. The predicted octanol–water partition coefficient (Wildman–Crippen LogP) is 9.93. The largest absolute Gasteiger partial charge is 0.124 e. The molecule has 0 aromatic rings. The second-order valence-corrected chi connectivity index (χ2v) is 31.2. The molecule has 0 saturated carbocycles. The molecule has 0 aromatic heterocycles. The maximum Gasteiger partial charge on any atom is 0.124 e. The van der Waals surface area contributed by atoms with Gasteiger partial charge in [-0.2, -0.15) is 0 Å². The predicted molar refractivity (Wildman–Crippen MR) is 190 cm³/mol. The number of hydrogen-bond acceptors (Lipinski definition) is 0. The maximum absolute atomic E-state index is 4.19. The van der Waals surface area contributed by atoms with Crippen LogP contribution in [-0.4, -0.2) is 40.4 Å². The molecular formula is C32H52Si5. The fourth-order valence-corrected chi connectivity index (χ4v) is 26.3. The number of hydrogen-bond donors (Lipinski definition) is 0. The van der Waals surface area contributed by atoms with Gasteiger partial charge in [0.1, 0.15) is 32.3 Å². The smallest absolute Gasteiger partial charge is 0.106 e. The van der Waals surface area contributed by atoms with E-state index in [0.717, 1.165) is 24.2 Å². The van der Waals surface area contributed by atoms with Gasteiger partial charge < -0.3 is 0 Å². The van der Waals surface area contributed by atoms with E-state index in [-0.39, 0.29) is 0 Å². The van der Waals surface area contributed by atoms with Gasteiger partial charge in [-0.3, -0.25) is 0 Å². The Morgan fingerprint density at radius 2 is 0.378 bits per heavy atom. The van der Waals surface area contributed by atoms with Crippen LogP contribution in [0.3, 0.4) is 0 Å². The number of rotatable bonds is 24. The monoisotopic (exact) mass is 576 g/mol. The first-order chi connectivity index (χ1) is 17.6. The Kier molecular flexibility index (Phi) is 15.2. The highest BCUT2D eigenvalue weighted by atomic mass is 28.3. The zero-order valence-electron chi connectivity index (χ0n) is 23.6. The summed E-state index contributed by atoms with van der Waals surface area (Å²) in [7, 11) is -9.66. The summed E-state index contributed by atoms with van der Waals surface area (Å²) in [6.45, 7) is 50.2. The summed E-state index contributed by atoms with van der Waals surface area (Å²) >= 11 is 0. The fraction of sp³-hybridized carbons (Fsp3) is 0.250. The van der Waals surface area contributed by atoms with E-state index >= 15 is 0 Å². The van der Waals surface area contributed by atoms with E-state index in [1.807, 2.05) is 0 Å². The molecule has 0 fully saturated rings. The van der Waals surface area contributed by atoms with Gasteiger partial charge in [-0.1, -0.05) is 92.6 Å². The van der Waals surface area contributed by atoms with Gasteiger partial charge in [0.25, 0.3) is 0 Å². The lowest BCUT2D eigenvalue weighted by atomic mass is 10.9. The normalized spacial score (nSPS) is 12.3. The molecule has 0 spiro atoms. The van der Waals surface area contributed by atoms with E-state index in [1.165, 1.54) is 24.2 Å². The van der Waals surface area contributed by atoms with Crippen molar-refractivity contribution in [3.63, 3.8) is 0 Å². The van der Waals surface area contributed by atoms with Gasteiger partial charge in [-0.15, -0.1) is 78.9 Å². The lowest BCUT2D eigenvalue weighted by Crippen LogP contribution is -2.44. The topological polar surface area (TPSA) is 0 Å². The first kappa shape index (κ1) is 35.0. The summed E-state index contributed by atoms with van der Waals surface area (Å²) in [4.78, 5) is 0. The molecule has 0 aliphatic carbocycles. The molecule has 0 aliphatic heterocycles. The molecule has 0 unspecified atom stereocenters. The average Bonchev–Trinajstić information content (AvgIpc) is 2.97. The highest BCUT2D eigenvalue weighted by Crippen LogP contribution is 2.40. The van der Waals surface area contributed by atoms with E-state index in [4.69, 9.17) is 0 Å². The molecule has 0 aromatic carbocycles. The van der Waals surface area contributed by atoms with Gasteiger partial charge in [0, 0.05) is 0 Å². The van der Waals surface area contributed by atoms with Gasteiger partial charge in [-0.05, 0) is 24.2 Å². The Morgan fingerprint density at radius 1 is 0.243 bits per heavy atom. The van der Waals surface area contributed by atoms with Crippen LogP contribution in [0.15, 0.2) is 147 Å². The third-order valence-electron chi connectivity index (χ3n) is 8.91. The Balaban J connectivity index is 6.79. The standard InChI is InChI=1S/C32H52Si5/c1-13-33(14-2,15-3)25-29-37(30-26-34(16-4,17-5)18-6,31-27-35(19-7,20-8)21-9)32-28-36(22-10,23-11)24-12/h13-24H,1-12,25-32H2. The van der Waals surface area contributed by atoms with Crippen molar-refractivity contribution in [2.45, 2.75) is 48.4 Å². The summed E-state index contributed by atoms with van der Waals surface area (Å²) in [6, 6.07) is 9.28. The fourth-order valence-electron chi connectivity index (χ4n) is 4.90. The Bertz CT molecular complexity index is 670. The van der Waals surface area contributed by atoms with Crippen LogP contribution in [0.5, 0.6) is 0 Å². The summed E-state index contributed by atoms with van der Waals surface area (Å²) < 4.78 is 0. The molecule has 0 radical (unpaired) electrons. The third-order valence-corrected chi connectivity index (χ3v) is 29.7. The Hall–Kier alpha value is -2.04. The zero-order valence-corrected chi connectivity index (χ0v) is 28.6. The molecule has 37 heavy (non-hydrogen) atoms. The van der Waals surface area contributed by atoms with Crippen LogP contribution in [0, 0.1) is 0 Å². The van der Waals surface area contributed by atoms with Crippen molar-refractivity contribution in [2.24, 2.45) is 0 Å². The second-order valence-electron chi connectivity index (χ2n) is 10.4. The van der Waals surface area contributed by atoms with Crippen LogP contribution < -0.4 is 0 Å². The van der Waals surface area contributed by atoms with Crippen LogP contribution in [0.2, 0.25) is 48.4 Å². The van der Waals surface area contributed by atoms with Crippen molar-refractivity contribution in [1.82, 2.24) is 0 Å². The minimum atomic E-state index is -1.95. The molecule has 0 rings (SSSR count). The third kappa shape index (κ3) is 9.04. The highest BCUT2D eigenvalue weighted by Gasteiger charge is 2.40. The molecule has 200 valence electrons. The maximum atomic E-state index is 4.19. The average molecular weight is 577 g/mol. The van der Waals surface area contributed by atoms with Crippen LogP contribution in [-0.2, 0) is 0 Å². The quantitative estimate of drug-likeness (QED) is 0.100. The lowest BCUT2D eigenvalue weighted by molar-refractivity contribution is 1.08. The van der Waals surface area contributed by atoms with E-state index in [1.54, 1.807) is 0 Å². The van der Waals surface area contributed by atoms with Crippen molar-refractivity contribution >= 4 is 40.4 Å². The molecule has 0 aliphatic rings. The van der Waals surface area contributed by atoms with E-state index in [2.05, 4.69) is 147 Å². The summed E-state index contributed by atoms with van der Waals surface area (Å²) in [6.07, 6.45) is 0. The summed E-state index contributed by atoms with van der Waals surface area (Å²) in [5.74, 6) is 0. The Labute approximate surface area is 235 Å². The van der Waals surface area contributed by atoms with Crippen LogP contribution in [0.25, 0.3) is 0 Å². The first-order valence-corrected chi connectivity index (χ1v) is 25.8. The molecule has 0 nitrogen and oxygen atoms in total. The minimum absolute atomic E-state index is 1.11. The van der Waals surface area contributed by atoms with Crippen LogP contribution in [0.1, 0.15) is 0 Å². The Morgan fingerprint density at radius 3 is 0.486 bits per heavy atom. The summed E-state index contributed by atoms with van der Waals surface area (Å²) in [5, 5.41) is 0. The second kappa shape index (κ2) is 16.0. The van der Waals surface area contributed by atoms with Gasteiger partial charge in [0.05, 0.1) is 8.07 Å².